The van der Waals surface area contributed by atoms with E-state index in [4.69, 9.17) is 5.73 Å². The van der Waals surface area contributed by atoms with E-state index in [0.717, 1.165) is 5.56 Å². The van der Waals surface area contributed by atoms with E-state index >= 15 is 0 Å². The van der Waals surface area contributed by atoms with Gasteiger partial charge >= 0.3 is 0 Å². The number of carbonyl (C=O) groups is 2. The molecule has 108 valence electrons. The Labute approximate surface area is 119 Å². The first-order valence-electron chi connectivity index (χ1n) is 6.95. The molecule has 1 aromatic rings. The van der Waals surface area contributed by atoms with Crippen molar-refractivity contribution in [2.45, 2.75) is 13.3 Å². The highest BCUT2D eigenvalue weighted by molar-refractivity contribution is 5.94. The van der Waals surface area contributed by atoms with Crippen molar-refractivity contribution in [2.75, 3.05) is 32.7 Å². The number of nitrogens with two attached hydrogens (primary N) is 1. The van der Waals surface area contributed by atoms with Gasteiger partial charge in [-0.2, -0.15) is 0 Å². The Hall–Kier alpha value is -1.88. The first-order valence-corrected chi connectivity index (χ1v) is 6.95. The van der Waals surface area contributed by atoms with Gasteiger partial charge in [0, 0.05) is 44.7 Å². The Morgan fingerprint density at radius 3 is 2.15 bits per heavy atom. The first kappa shape index (κ1) is 14.5. The van der Waals surface area contributed by atoms with Crippen LogP contribution >= 0.6 is 0 Å². The highest BCUT2D eigenvalue weighted by Crippen LogP contribution is 2.10. The van der Waals surface area contributed by atoms with E-state index in [2.05, 4.69) is 0 Å². The van der Waals surface area contributed by atoms with Crippen LogP contribution in [0.15, 0.2) is 24.3 Å². The zero-order valence-electron chi connectivity index (χ0n) is 11.8. The molecule has 0 aliphatic carbocycles. The highest BCUT2D eigenvalue weighted by atomic mass is 16.2. The predicted molar refractivity (Wildman–Crippen MR) is 77.3 cm³/mol. The number of piperazine rings is 1. The number of carbonyl (C=O) groups excluding carboxylic acids is 2. The van der Waals surface area contributed by atoms with Crippen molar-refractivity contribution in [1.82, 2.24) is 9.80 Å². The second kappa shape index (κ2) is 6.52. The molecule has 2 amide bonds. The summed E-state index contributed by atoms with van der Waals surface area (Å²) in [6.45, 7) is 4.73. The van der Waals surface area contributed by atoms with Gasteiger partial charge < -0.3 is 15.5 Å². The van der Waals surface area contributed by atoms with Crippen LogP contribution < -0.4 is 5.73 Å². The molecule has 1 heterocycles. The summed E-state index contributed by atoms with van der Waals surface area (Å²) in [6, 6.07) is 7.58. The Bertz CT molecular complexity index is 476. The molecular weight excluding hydrogens is 254 g/mol. The van der Waals surface area contributed by atoms with Crippen molar-refractivity contribution in [2.24, 2.45) is 5.73 Å². The molecule has 1 aliphatic heterocycles. The minimum atomic E-state index is 0.0379. The van der Waals surface area contributed by atoms with Crippen molar-refractivity contribution in [3.05, 3.63) is 35.4 Å². The average molecular weight is 275 g/mol. The molecule has 0 bridgehead atoms. The van der Waals surface area contributed by atoms with Crippen LogP contribution in [0, 0.1) is 6.92 Å². The van der Waals surface area contributed by atoms with E-state index < -0.39 is 0 Å². The molecule has 1 aliphatic rings. The van der Waals surface area contributed by atoms with Crippen LogP contribution in [0.2, 0.25) is 0 Å². The van der Waals surface area contributed by atoms with E-state index in [0.29, 0.717) is 44.7 Å². The standard InChI is InChI=1S/C15H21N3O2/c1-12-2-4-13(5-3-12)15(20)18-10-8-17(9-11-18)14(19)6-7-16/h2-5H,6-11,16H2,1H3. The van der Waals surface area contributed by atoms with Crippen LogP contribution in [0.25, 0.3) is 0 Å². The van der Waals surface area contributed by atoms with Crippen molar-refractivity contribution >= 4 is 11.8 Å². The van der Waals surface area contributed by atoms with Crippen LogP contribution in [-0.4, -0.2) is 54.3 Å². The molecule has 0 radical (unpaired) electrons. The maximum Gasteiger partial charge on any atom is 0.253 e. The molecular formula is C15H21N3O2. The van der Waals surface area contributed by atoms with E-state index in [1.54, 1.807) is 9.80 Å². The number of nitrogens with zero attached hydrogens (tertiary/aromatic N) is 2. The minimum Gasteiger partial charge on any atom is -0.339 e. The van der Waals surface area contributed by atoms with Crippen LogP contribution in [0.3, 0.4) is 0 Å². The summed E-state index contributed by atoms with van der Waals surface area (Å²) in [5, 5.41) is 0. The normalized spacial score (nSPS) is 15.3. The van der Waals surface area contributed by atoms with E-state index in [9.17, 15) is 9.59 Å². The van der Waals surface area contributed by atoms with Gasteiger partial charge in [0.25, 0.3) is 5.91 Å². The molecule has 1 saturated heterocycles. The first-order chi connectivity index (χ1) is 9.61. The second-order valence-electron chi connectivity index (χ2n) is 5.08. The Morgan fingerprint density at radius 1 is 1.05 bits per heavy atom. The molecule has 0 unspecified atom stereocenters. The number of hydrogen-bond acceptors (Lipinski definition) is 3. The van der Waals surface area contributed by atoms with E-state index in [-0.39, 0.29) is 11.8 Å². The van der Waals surface area contributed by atoms with Gasteiger partial charge in [0.2, 0.25) is 5.91 Å². The zero-order valence-corrected chi connectivity index (χ0v) is 11.8. The molecule has 20 heavy (non-hydrogen) atoms. The lowest BCUT2D eigenvalue weighted by Gasteiger charge is -2.34. The fraction of sp³-hybridized carbons (Fsp3) is 0.467. The number of benzene rings is 1. The van der Waals surface area contributed by atoms with E-state index in [1.165, 1.54) is 0 Å². The Kier molecular flexibility index (Phi) is 4.74. The van der Waals surface area contributed by atoms with Crippen LogP contribution in [-0.2, 0) is 4.79 Å². The smallest absolute Gasteiger partial charge is 0.253 e. The number of amides is 2. The van der Waals surface area contributed by atoms with Gasteiger partial charge in [0.05, 0.1) is 0 Å². The summed E-state index contributed by atoms with van der Waals surface area (Å²) in [5.74, 6) is 0.117. The third-order valence-corrected chi connectivity index (χ3v) is 3.58. The lowest BCUT2D eigenvalue weighted by atomic mass is 10.1. The predicted octanol–water partition coefficient (Wildman–Crippen LogP) is 0.628. The molecule has 0 atom stereocenters. The molecule has 2 rings (SSSR count). The van der Waals surface area contributed by atoms with Gasteiger partial charge in [0.1, 0.15) is 0 Å². The summed E-state index contributed by atoms with van der Waals surface area (Å²) in [5.41, 5.74) is 7.23. The summed E-state index contributed by atoms with van der Waals surface area (Å²) < 4.78 is 0. The molecule has 5 heteroatoms. The summed E-state index contributed by atoms with van der Waals surface area (Å²) >= 11 is 0. The molecule has 5 nitrogen and oxygen atoms in total. The number of hydrogen-bond donors (Lipinski definition) is 1. The van der Waals surface area contributed by atoms with Crippen molar-refractivity contribution in [1.29, 1.82) is 0 Å². The van der Waals surface area contributed by atoms with Crippen LogP contribution in [0.5, 0.6) is 0 Å². The quantitative estimate of drug-likeness (QED) is 0.879. The Balaban J connectivity index is 1.92. The summed E-state index contributed by atoms with van der Waals surface area (Å²) in [4.78, 5) is 27.6. The minimum absolute atomic E-state index is 0.0379. The van der Waals surface area contributed by atoms with Crippen LogP contribution in [0.4, 0.5) is 0 Å². The summed E-state index contributed by atoms with van der Waals surface area (Å²) in [7, 11) is 0. The number of aryl methyl sites for hydroxylation is 1. The fourth-order valence-electron chi connectivity index (χ4n) is 2.32. The van der Waals surface area contributed by atoms with Gasteiger partial charge in [-0.1, -0.05) is 17.7 Å². The van der Waals surface area contributed by atoms with Gasteiger partial charge in [-0.15, -0.1) is 0 Å². The Morgan fingerprint density at radius 2 is 1.60 bits per heavy atom. The van der Waals surface area contributed by atoms with E-state index in [1.807, 2.05) is 31.2 Å². The van der Waals surface area contributed by atoms with Crippen LogP contribution in [0.1, 0.15) is 22.3 Å². The largest absolute Gasteiger partial charge is 0.339 e. The zero-order chi connectivity index (χ0) is 14.5. The van der Waals surface area contributed by atoms with Crippen molar-refractivity contribution in [3.63, 3.8) is 0 Å². The van der Waals surface area contributed by atoms with Gasteiger partial charge in [-0.05, 0) is 19.1 Å². The maximum atomic E-state index is 12.3. The summed E-state index contributed by atoms with van der Waals surface area (Å²) in [6.07, 6.45) is 0.381. The van der Waals surface area contributed by atoms with Gasteiger partial charge in [0.15, 0.2) is 0 Å². The van der Waals surface area contributed by atoms with Gasteiger partial charge in [-0.3, -0.25) is 9.59 Å². The lowest BCUT2D eigenvalue weighted by molar-refractivity contribution is -0.132. The molecule has 0 aromatic heterocycles. The van der Waals surface area contributed by atoms with Crippen molar-refractivity contribution < 1.29 is 9.59 Å². The highest BCUT2D eigenvalue weighted by Gasteiger charge is 2.24. The monoisotopic (exact) mass is 275 g/mol. The molecule has 0 saturated carbocycles. The molecule has 0 spiro atoms. The SMILES string of the molecule is Cc1ccc(C(=O)N2CCN(C(=O)CCN)CC2)cc1. The number of rotatable bonds is 3. The lowest BCUT2D eigenvalue weighted by Crippen LogP contribution is -2.50. The molecule has 1 fully saturated rings. The third kappa shape index (κ3) is 3.36. The second-order valence-corrected chi connectivity index (χ2v) is 5.08. The fourth-order valence-corrected chi connectivity index (χ4v) is 2.32. The molecule has 1 aromatic carbocycles. The third-order valence-electron chi connectivity index (χ3n) is 3.58. The topological polar surface area (TPSA) is 66.6 Å². The molecule has 2 N–H and O–H groups in total. The maximum absolute atomic E-state index is 12.3. The van der Waals surface area contributed by atoms with Gasteiger partial charge in [-0.25, -0.2) is 0 Å². The average Bonchev–Trinajstić information content (AvgIpc) is 2.48. The van der Waals surface area contributed by atoms with Crippen molar-refractivity contribution in [3.8, 4) is 0 Å².